The van der Waals surface area contributed by atoms with E-state index in [0.29, 0.717) is 23.6 Å². The fraction of sp³-hybridized carbons (Fsp3) is 0.733. The molecular formula is C15H25NOS. The van der Waals surface area contributed by atoms with Crippen LogP contribution >= 0.6 is 11.3 Å². The van der Waals surface area contributed by atoms with Gasteiger partial charge in [-0.2, -0.15) is 0 Å². The molecule has 1 aliphatic carbocycles. The van der Waals surface area contributed by atoms with Crippen molar-refractivity contribution in [1.29, 1.82) is 0 Å². The summed E-state index contributed by atoms with van der Waals surface area (Å²) in [6, 6.07) is 5.37. The monoisotopic (exact) mass is 267 g/mol. The van der Waals surface area contributed by atoms with Gasteiger partial charge in [-0.3, -0.25) is 0 Å². The Kier molecular flexibility index (Phi) is 4.46. The first-order valence-corrected chi connectivity index (χ1v) is 7.90. The van der Waals surface area contributed by atoms with Crippen molar-refractivity contribution in [3.05, 3.63) is 22.4 Å². The zero-order valence-electron chi connectivity index (χ0n) is 11.9. The predicted octanol–water partition coefficient (Wildman–Crippen LogP) is 3.99. The van der Waals surface area contributed by atoms with Crippen LogP contribution in [0.15, 0.2) is 17.5 Å². The first kappa shape index (κ1) is 14.0. The van der Waals surface area contributed by atoms with E-state index in [1.807, 2.05) is 11.3 Å². The van der Waals surface area contributed by atoms with Crippen LogP contribution in [-0.2, 0) is 4.74 Å². The lowest BCUT2D eigenvalue weighted by Gasteiger charge is -2.54. The molecule has 3 unspecified atom stereocenters. The van der Waals surface area contributed by atoms with Gasteiger partial charge in [0.15, 0.2) is 0 Å². The summed E-state index contributed by atoms with van der Waals surface area (Å²) in [5.41, 5.74) is 0.293. The normalized spacial score (nSPS) is 33.1. The Morgan fingerprint density at radius 1 is 1.56 bits per heavy atom. The summed E-state index contributed by atoms with van der Waals surface area (Å²) in [4.78, 5) is 1.42. The molecule has 0 bridgehead atoms. The molecule has 0 spiro atoms. The highest BCUT2D eigenvalue weighted by Crippen LogP contribution is 2.46. The number of thiophene rings is 1. The van der Waals surface area contributed by atoms with Gasteiger partial charge in [-0.15, -0.1) is 11.3 Å². The van der Waals surface area contributed by atoms with Crippen molar-refractivity contribution in [3.63, 3.8) is 0 Å². The average molecular weight is 267 g/mol. The molecule has 18 heavy (non-hydrogen) atoms. The van der Waals surface area contributed by atoms with E-state index in [-0.39, 0.29) is 0 Å². The summed E-state index contributed by atoms with van der Waals surface area (Å²) in [6.45, 7) is 9.81. The standard InChI is InChI=1S/C15H25NOS/c1-5-15(4)13(10-14(15)17-6-2)16-11(3)12-8-7-9-18-12/h7-9,11,13-14,16H,5-6,10H2,1-4H3/t11-,13?,14?,15?/m0/s1. The van der Waals surface area contributed by atoms with Gasteiger partial charge in [0.1, 0.15) is 0 Å². The lowest BCUT2D eigenvalue weighted by Crippen LogP contribution is -2.62. The minimum atomic E-state index is 0.293. The Bertz CT molecular complexity index is 365. The van der Waals surface area contributed by atoms with Crippen molar-refractivity contribution in [3.8, 4) is 0 Å². The van der Waals surface area contributed by atoms with E-state index in [9.17, 15) is 0 Å². The lowest BCUT2D eigenvalue weighted by molar-refractivity contribution is -0.127. The molecule has 0 aliphatic heterocycles. The minimum Gasteiger partial charge on any atom is -0.378 e. The van der Waals surface area contributed by atoms with Gasteiger partial charge in [0, 0.05) is 29.0 Å². The highest BCUT2D eigenvalue weighted by atomic mass is 32.1. The van der Waals surface area contributed by atoms with Crippen LogP contribution in [0.1, 0.15) is 51.5 Å². The molecule has 1 aliphatic rings. The van der Waals surface area contributed by atoms with E-state index in [0.717, 1.165) is 13.0 Å². The Morgan fingerprint density at radius 3 is 2.89 bits per heavy atom. The van der Waals surface area contributed by atoms with E-state index < -0.39 is 0 Å². The second-order valence-electron chi connectivity index (χ2n) is 5.50. The summed E-state index contributed by atoms with van der Waals surface area (Å²) >= 11 is 1.83. The quantitative estimate of drug-likeness (QED) is 0.841. The van der Waals surface area contributed by atoms with Gasteiger partial charge in [-0.05, 0) is 38.1 Å². The maximum absolute atomic E-state index is 5.85. The summed E-state index contributed by atoms with van der Waals surface area (Å²) in [6.07, 6.45) is 2.75. The topological polar surface area (TPSA) is 21.3 Å². The molecule has 2 rings (SSSR count). The third kappa shape index (κ3) is 2.49. The number of ether oxygens (including phenoxy) is 1. The predicted molar refractivity (Wildman–Crippen MR) is 78.1 cm³/mol. The molecule has 2 nitrogen and oxygen atoms in total. The molecule has 1 N–H and O–H groups in total. The van der Waals surface area contributed by atoms with E-state index in [2.05, 4.69) is 50.5 Å². The summed E-state index contributed by atoms with van der Waals surface area (Å²) in [7, 11) is 0. The fourth-order valence-corrected chi connectivity index (χ4v) is 3.67. The number of hydrogen-bond donors (Lipinski definition) is 1. The first-order chi connectivity index (χ1) is 8.61. The maximum atomic E-state index is 5.85. The Labute approximate surface area is 115 Å². The number of nitrogens with one attached hydrogen (secondary N) is 1. The van der Waals surface area contributed by atoms with Gasteiger partial charge in [0.25, 0.3) is 0 Å². The molecular weight excluding hydrogens is 242 g/mol. The summed E-state index contributed by atoms with van der Waals surface area (Å²) in [5, 5.41) is 5.93. The molecule has 1 saturated carbocycles. The third-order valence-corrected chi connectivity index (χ3v) is 5.59. The molecule has 4 atom stereocenters. The van der Waals surface area contributed by atoms with Gasteiger partial charge in [-0.1, -0.05) is 19.9 Å². The van der Waals surface area contributed by atoms with Gasteiger partial charge in [0.2, 0.25) is 0 Å². The highest BCUT2D eigenvalue weighted by Gasteiger charge is 2.51. The summed E-state index contributed by atoms with van der Waals surface area (Å²) in [5.74, 6) is 0. The largest absolute Gasteiger partial charge is 0.378 e. The van der Waals surface area contributed by atoms with Crippen molar-refractivity contribution >= 4 is 11.3 Å². The van der Waals surface area contributed by atoms with Crippen molar-refractivity contribution in [2.45, 2.75) is 58.7 Å². The van der Waals surface area contributed by atoms with Crippen LogP contribution in [-0.4, -0.2) is 18.8 Å². The van der Waals surface area contributed by atoms with Crippen molar-refractivity contribution in [2.24, 2.45) is 5.41 Å². The van der Waals surface area contributed by atoms with Crippen LogP contribution in [0, 0.1) is 5.41 Å². The van der Waals surface area contributed by atoms with Crippen LogP contribution in [0.25, 0.3) is 0 Å². The van der Waals surface area contributed by atoms with Crippen molar-refractivity contribution < 1.29 is 4.74 Å². The van der Waals surface area contributed by atoms with Crippen LogP contribution in [0.2, 0.25) is 0 Å². The van der Waals surface area contributed by atoms with Crippen LogP contribution in [0.3, 0.4) is 0 Å². The zero-order valence-corrected chi connectivity index (χ0v) is 12.7. The third-order valence-electron chi connectivity index (χ3n) is 4.53. The fourth-order valence-electron chi connectivity index (χ4n) is 2.93. The molecule has 1 heterocycles. The first-order valence-electron chi connectivity index (χ1n) is 7.02. The molecule has 1 aromatic rings. The van der Waals surface area contributed by atoms with E-state index in [4.69, 9.17) is 4.74 Å². The second kappa shape index (κ2) is 5.72. The molecule has 3 heteroatoms. The zero-order chi connectivity index (χ0) is 13.2. The maximum Gasteiger partial charge on any atom is 0.0658 e. The molecule has 0 radical (unpaired) electrons. The van der Waals surface area contributed by atoms with Gasteiger partial charge in [-0.25, -0.2) is 0 Å². The Morgan fingerprint density at radius 2 is 2.33 bits per heavy atom. The van der Waals surface area contributed by atoms with E-state index >= 15 is 0 Å². The Hall–Kier alpha value is -0.380. The molecule has 0 aromatic carbocycles. The van der Waals surface area contributed by atoms with Crippen LogP contribution in [0.4, 0.5) is 0 Å². The van der Waals surface area contributed by atoms with Crippen LogP contribution in [0.5, 0.6) is 0 Å². The van der Waals surface area contributed by atoms with Gasteiger partial charge in [0.05, 0.1) is 6.10 Å². The molecule has 0 saturated heterocycles. The van der Waals surface area contributed by atoms with Crippen LogP contribution < -0.4 is 5.32 Å². The van der Waals surface area contributed by atoms with Crippen molar-refractivity contribution in [2.75, 3.05) is 6.61 Å². The van der Waals surface area contributed by atoms with Crippen molar-refractivity contribution in [1.82, 2.24) is 5.32 Å². The van der Waals surface area contributed by atoms with E-state index in [1.54, 1.807) is 0 Å². The Balaban J connectivity index is 1.95. The molecule has 102 valence electrons. The highest BCUT2D eigenvalue weighted by molar-refractivity contribution is 7.10. The molecule has 0 amide bonds. The number of hydrogen-bond acceptors (Lipinski definition) is 3. The van der Waals surface area contributed by atoms with Gasteiger partial charge >= 0.3 is 0 Å². The SMILES string of the molecule is CCOC1CC(N[C@@H](C)c2cccs2)C1(C)CC. The smallest absolute Gasteiger partial charge is 0.0658 e. The number of rotatable bonds is 6. The summed E-state index contributed by atoms with van der Waals surface area (Å²) < 4.78 is 5.85. The molecule has 1 aromatic heterocycles. The molecule has 1 fully saturated rings. The minimum absolute atomic E-state index is 0.293. The van der Waals surface area contributed by atoms with Gasteiger partial charge < -0.3 is 10.1 Å². The van der Waals surface area contributed by atoms with E-state index in [1.165, 1.54) is 11.3 Å². The lowest BCUT2D eigenvalue weighted by atomic mass is 9.61. The average Bonchev–Trinajstić information content (AvgIpc) is 2.90. The second-order valence-corrected chi connectivity index (χ2v) is 6.47.